The number of carbonyl (C=O) groups excluding carboxylic acids is 1. The van der Waals surface area contributed by atoms with Crippen molar-refractivity contribution in [1.82, 2.24) is 0 Å². The zero-order valence-corrected chi connectivity index (χ0v) is 20.7. The van der Waals surface area contributed by atoms with Gasteiger partial charge in [0, 0.05) is 0 Å². The number of hydrogen-bond acceptors (Lipinski definition) is 6. The maximum Gasteiger partial charge on any atom is 0.270 e. The normalized spacial score (nSPS) is 15.1. The predicted molar refractivity (Wildman–Crippen MR) is 135 cm³/mol. The maximum atomic E-state index is 13.0. The number of nitrogens with zero attached hydrogens (tertiary/aromatic N) is 1. The average Bonchev–Trinajstić information content (AvgIpc) is 3.00. The zero-order chi connectivity index (χ0) is 21.7. The third-order valence-electron chi connectivity index (χ3n) is 4.20. The number of thioether (sulfide) groups is 1. The van der Waals surface area contributed by atoms with E-state index in [4.69, 9.17) is 26.4 Å². The van der Waals surface area contributed by atoms with Crippen molar-refractivity contribution in [3.05, 3.63) is 50.4 Å². The van der Waals surface area contributed by atoms with Gasteiger partial charge < -0.3 is 14.2 Å². The Labute approximate surface area is 199 Å². The number of thiocarbonyl (C=S) groups is 1. The SMILES string of the molecule is CCCOc1c(I)cc(/C=C2/SC(=S)N(c3ccc(OC)cc3)C2=O)cc1OCC. The van der Waals surface area contributed by atoms with Crippen molar-refractivity contribution < 1.29 is 19.0 Å². The van der Waals surface area contributed by atoms with Crippen LogP contribution in [0, 0.1) is 3.57 Å². The summed E-state index contributed by atoms with van der Waals surface area (Å²) in [6.45, 7) is 5.15. The van der Waals surface area contributed by atoms with Gasteiger partial charge in [-0.3, -0.25) is 9.69 Å². The van der Waals surface area contributed by atoms with Gasteiger partial charge in [0.1, 0.15) is 5.75 Å². The van der Waals surface area contributed by atoms with Crippen molar-refractivity contribution in [3.63, 3.8) is 0 Å². The molecule has 0 radical (unpaired) electrons. The van der Waals surface area contributed by atoms with Gasteiger partial charge in [-0.25, -0.2) is 0 Å². The van der Waals surface area contributed by atoms with Crippen LogP contribution in [-0.2, 0) is 4.79 Å². The summed E-state index contributed by atoms with van der Waals surface area (Å²) in [5.74, 6) is 1.99. The Balaban J connectivity index is 1.90. The number of anilines is 1. The lowest BCUT2D eigenvalue weighted by molar-refractivity contribution is -0.113. The van der Waals surface area contributed by atoms with Crippen LogP contribution in [0.2, 0.25) is 0 Å². The molecule has 1 aliphatic rings. The molecule has 1 fully saturated rings. The van der Waals surface area contributed by atoms with Crippen LogP contribution in [-0.4, -0.2) is 30.6 Å². The fourth-order valence-corrected chi connectivity index (χ4v) is 4.93. The number of hydrogen-bond donors (Lipinski definition) is 0. The highest BCUT2D eigenvalue weighted by atomic mass is 127. The highest BCUT2D eigenvalue weighted by Crippen LogP contribution is 2.39. The van der Waals surface area contributed by atoms with Gasteiger partial charge in [-0.05, 0) is 84.0 Å². The minimum Gasteiger partial charge on any atom is -0.497 e. The lowest BCUT2D eigenvalue weighted by atomic mass is 10.1. The van der Waals surface area contributed by atoms with E-state index in [9.17, 15) is 4.79 Å². The molecule has 3 rings (SSSR count). The van der Waals surface area contributed by atoms with Crippen LogP contribution in [0.3, 0.4) is 0 Å². The number of amides is 1. The number of rotatable bonds is 8. The van der Waals surface area contributed by atoms with Gasteiger partial charge in [-0.15, -0.1) is 0 Å². The molecule has 2 aromatic carbocycles. The van der Waals surface area contributed by atoms with E-state index in [-0.39, 0.29) is 5.91 Å². The van der Waals surface area contributed by atoms with E-state index in [0.717, 1.165) is 32.7 Å². The van der Waals surface area contributed by atoms with Crippen molar-refractivity contribution in [1.29, 1.82) is 0 Å². The van der Waals surface area contributed by atoms with Crippen LogP contribution < -0.4 is 19.1 Å². The first-order valence-electron chi connectivity index (χ1n) is 9.49. The molecule has 2 aromatic rings. The molecule has 1 amide bonds. The lowest BCUT2D eigenvalue weighted by Gasteiger charge is -2.15. The molecule has 1 aliphatic heterocycles. The number of methoxy groups -OCH3 is 1. The topological polar surface area (TPSA) is 48.0 Å². The molecule has 158 valence electrons. The van der Waals surface area contributed by atoms with Crippen molar-refractivity contribution in [2.45, 2.75) is 20.3 Å². The fraction of sp³-hybridized carbons (Fsp3) is 0.273. The molecule has 0 bridgehead atoms. The first-order chi connectivity index (χ1) is 14.5. The summed E-state index contributed by atoms with van der Waals surface area (Å²) in [5.41, 5.74) is 1.58. The zero-order valence-electron chi connectivity index (χ0n) is 16.9. The van der Waals surface area contributed by atoms with E-state index < -0.39 is 0 Å². The summed E-state index contributed by atoms with van der Waals surface area (Å²) in [5, 5.41) is 0. The standard InChI is InChI=1S/C22H22INO4S2/c1-4-10-28-20-17(23)11-14(12-18(20)27-5-2)13-19-21(25)24(22(29)30-19)15-6-8-16(26-3)9-7-15/h6-9,11-13H,4-5,10H2,1-3H3/b19-13+. The second-order valence-electron chi connectivity index (χ2n) is 6.33. The molecule has 0 N–H and O–H groups in total. The van der Waals surface area contributed by atoms with Crippen molar-refractivity contribution in [2.24, 2.45) is 0 Å². The van der Waals surface area contributed by atoms with Gasteiger partial charge in [0.15, 0.2) is 15.8 Å². The summed E-state index contributed by atoms with van der Waals surface area (Å²) >= 11 is 8.99. The summed E-state index contributed by atoms with van der Waals surface area (Å²) in [6.07, 6.45) is 2.76. The van der Waals surface area contributed by atoms with Crippen LogP contribution in [0.15, 0.2) is 41.3 Å². The minimum atomic E-state index is -0.144. The van der Waals surface area contributed by atoms with Crippen LogP contribution in [0.25, 0.3) is 6.08 Å². The van der Waals surface area contributed by atoms with Crippen molar-refractivity contribution in [2.75, 3.05) is 25.2 Å². The predicted octanol–water partition coefficient (Wildman–Crippen LogP) is 5.89. The Bertz CT molecular complexity index is 976. The first-order valence-corrected chi connectivity index (χ1v) is 11.8. The number of benzene rings is 2. The molecule has 0 aliphatic carbocycles. The van der Waals surface area contributed by atoms with E-state index >= 15 is 0 Å². The molecule has 5 nitrogen and oxygen atoms in total. The minimum absolute atomic E-state index is 0.144. The lowest BCUT2D eigenvalue weighted by Crippen LogP contribution is -2.27. The van der Waals surface area contributed by atoms with Crippen LogP contribution in [0.1, 0.15) is 25.8 Å². The molecule has 30 heavy (non-hydrogen) atoms. The second-order valence-corrected chi connectivity index (χ2v) is 9.16. The van der Waals surface area contributed by atoms with Crippen molar-refractivity contribution in [3.8, 4) is 17.2 Å². The van der Waals surface area contributed by atoms with Gasteiger partial charge in [0.05, 0.1) is 34.5 Å². The first kappa shape index (κ1) is 22.9. The van der Waals surface area contributed by atoms with Gasteiger partial charge in [0.2, 0.25) is 0 Å². The van der Waals surface area contributed by atoms with Crippen LogP contribution >= 0.6 is 46.6 Å². The molecule has 1 saturated heterocycles. The number of ether oxygens (including phenoxy) is 3. The van der Waals surface area contributed by atoms with Gasteiger partial charge in [-0.1, -0.05) is 30.9 Å². The summed E-state index contributed by atoms with van der Waals surface area (Å²) in [7, 11) is 1.60. The molecule has 0 saturated carbocycles. The Morgan fingerprint density at radius 3 is 2.53 bits per heavy atom. The largest absolute Gasteiger partial charge is 0.497 e. The van der Waals surface area contributed by atoms with E-state index in [2.05, 4.69) is 29.5 Å². The summed E-state index contributed by atoms with van der Waals surface area (Å²) in [4.78, 5) is 15.1. The Morgan fingerprint density at radius 2 is 1.90 bits per heavy atom. The summed E-state index contributed by atoms with van der Waals surface area (Å²) < 4.78 is 18.3. The van der Waals surface area contributed by atoms with Gasteiger partial charge in [0.25, 0.3) is 5.91 Å². The smallest absolute Gasteiger partial charge is 0.270 e. The van der Waals surface area contributed by atoms with E-state index in [1.807, 2.05) is 49.4 Å². The van der Waals surface area contributed by atoms with E-state index in [1.165, 1.54) is 11.8 Å². The maximum absolute atomic E-state index is 13.0. The summed E-state index contributed by atoms with van der Waals surface area (Å²) in [6, 6.07) is 11.1. The molecule has 0 spiro atoms. The number of carbonyl (C=O) groups is 1. The van der Waals surface area contributed by atoms with E-state index in [0.29, 0.717) is 28.2 Å². The Morgan fingerprint density at radius 1 is 1.17 bits per heavy atom. The molecule has 0 unspecified atom stereocenters. The van der Waals surface area contributed by atoms with Gasteiger partial charge >= 0.3 is 0 Å². The van der Waals surface area contributed by atoms with Crippen LogP contribution in [0.5, 0.6) is 17.2 Å². The Kier molecular flexibility index (Phi) is 8.01. The molecule has 1 heterocycles. The monoisotopic (exact) mass is 555 g/mol. The third-order valence-corrected chi connectivity index (χ3v) is 6.31. The highest BCUT2D eigenvalue weighted by molar-refractivity contribution is 14.1. The fourth-order valence-electron chi connectivity index (χ4n) is 2.85. The quantitative estimate of drug-likeness (QED) is 0.230. The highest BCUT2D eigenvalue weighted by Gasteiger charge is 2.33. The second kappa shape index (κ2) is 10.5. The van der Waals surface area contributed by atoms with E-state index in [1.54, 1.807) is 12.0 Å². The van der Waals surface area contributed by atoms with Crippen LogP contribution in [0.4, 0.5) is 5.69 Å². The average molecular weight is 555 g/mol. The molecule has 0 aromatic heterocycles. The molecular weight excluding hydrogens is 533 g/mol. The molecular formula is C22H22INO4S2. The molecule has 0 atom stereocenters. The Hall–Kier alpha value is -1.78. The van der Waals surface area contributed by atoms with Crippen molar-refractivity contribution >= 4 is 68.6 Å². The van der Waals surface area contributed by atoms with Gasteiger partial charge in [-0.2, -0.15) is 0 Å². The number of halogens is 1. The molecule has 8 heteroatoms. The third kappa shape index (κ3) is 5.09.